The van der Waals surface area contributed by atoms with Crippen molar-refractivity contribution in [3.05, 3.63) is 28.2 Å². The van der Waals surface area contributed by atoms with E-state index < -0.39 is 0 Å². The Morgan fingerprint density at radius 1 is 1.50 bits per heavy atom. The third-order valence-electron chi connectivity index (χ3n) is 3.55. The quantitative estimate of drug-likeness (QED) is 0.874. The molecule has 0 radical (unpaired) electrons. The molecule has 0 atom stereocenters. The van der Waals surface area contributed by atoms with Gasteiger partial charge in [-0.05, 0) is 42.9 Å². The number of methoxy groups -OCH3 is 1. The van der Waals surface area contributed by atoms with Crippen molar-refractivity contribution < 1.29 is 4.74 Å². The van der Waals surface area contributed by atoms with Crippen LogP contribution >= 0.6 is 15.9 Å². The Bertz CT molecular complexity index is 463. The second kappa shape index (κ2) is 5.73. The molecular formula is C14H17BrN2O. The normalized spacial score (nSPS) is 16.1. The van der Waals surface area contributed by atoms with E-state index >= 15 is 0 Å². The van der Waals surface area contributed by atoms with Crippen molar-refractivity contribution in [2.45, 2.75) is 19.3 Å². The second-order valence-corrected chi connectivity index (χ2v) is 5.81. The second-order valence-electron chi connectivity index (χ2n) is 4.90. The Balaban J connectivity index is 1.98. The van der Waals surface area contributed by atoms with Crippen molar-refractivity contribution >= 4 is 21.6 Å². The summed E-state index contributed by atoms with van der Waals surface area (Å²) in [5.74, 6) is 0. The SMILES string of the molecule is COCCC1(CNc2cc(Br)ccc2C#N)CC1. The summed E-state index contributed by atoms with van der Waals surface area (Å²) in [6.45, 7) is 1.73. The van der Waals surface area contributed by atoms with Crippen LogP contribution in [0.4, 0.5) is 5.69 Å². The first-order chi connectivity index (χ1) is 8.69. The van der Waals surface area contributed by atoms with E-state index in [1.54, 1.807) is 7.11 Å². The van der Waals surface area contributed by atoms with Gasteiger partial charge in [-0.15, -0.1) is 0 Å². The molecule has 3 nitrogen and oxygen atoms in total. The first kappa shape index (κ1) is 13.4. The maximum absolute atomic E-state index is 9.07. The summed E-state index contributed by atoms with van der Waals surface area (Å²) in [7, 11) is 1.74. The molecule has 96 valence electrons. The van der Waals surface area contributed by atoms with Gasteiger partial charge in [0.2, 0.25) is 0 Å². The first-order valence-electron chi connectivity index (χ1n) is 6.12. The molecule has 0 aromatic heterocycles. The molecule has 1 aromatic carbocycles. The van der Waals surface area contributed by atoms with Gasteiger partial charge in [0, 0.05) is 24.7 Å². The molecule has 1 N–H and O–H groups in total. The Labute approximate surface area is 116 Å². The highest BCUT2D eigenvalue weighted by molar-refractivity contribution is 9.10. The molecule has 0 bridgehead atoms. The molecule has 1 aliphatic carbocycles. The van der Waals surface area contributed by atoms with Gasteiger partial charge in [-0.1, -0.05) is 15.9 Å². The number of benzene rings is 1. The van der Waals surface area contributed by atoms with Crippen LogP contribution in [0.1, 0.15) is 24.8 Å². The summed E-state index contributed by atoms with van der Waals surface area (Å²) in [6.07, 6.45) is 3.59. The van der Waals surface area contributed by atoms with Crippen LogP contribution in [0.25, 0.3) is 0 Å². The van der Waals surface area contributed by atoms with Crippen LogP contribution in [0.5, 0.6) is 0 Å². The summed E-state index contributed by atoms with van der Waals surface area (Å²) >= 11 is 3.43. The Morgan fingerprint density at radius 3 is 2.89 bits per heavy atom. The molecule has 0 aliphatic heterocycles. The highest BCUT2D eigenvalue weighted by Crippen LogP contribution is 2.48. The highest BCUT2D eigenvalue weighted by Gasteiger charge is 2.41. The third-order valence-corrected chi connectivity index (χ3v) is 4.04. The van der Waals surface area contributed by atoms with Crippen LogP contribution in [0, 0.1) is 16.7 Å². The van der Waals surface area contributed by atoms with Crippen molar-refractivity contribution in [3.8, 4) is 6.07 Å². The average molecular weight is 309 g/mol. The number of ether oxygens (including phenoxy) is 1. The number of rotatable bonds is 6. The lowest BCUT2D eigenvalue weighted by molar-refractivity contribution is 0.175. The lowest BCUT2D eigenvalue weighted by atomic mass is 10.0. The van der Waals surface area contributed by atoms with Crippen LogP contribution in [0.15, 0.2) is 22.7 Å². The molecule has 1 aliphatic rings. The van der Waals surface area contributed by atoms with Gasteiger partial charge in [0.05, 0.1) is 11.3 Å². The van der Waals surface area contributed by atoms with E-state index in [1.807, 2.05) is 18.2 Å². The van der Waals surface area contributed by atoms with Crippen molar-refractivity contribution in [2.24, 2.45) is 5.41 Å². The third kappa shape index (κ3) is 3.24. The number of nitrogens with zero attached hydrogens (tertiary/aromatic N) is 1. The standard InChI is InChI=1S/C14H17BrN2O/c1-18-7-6-14(4-5-14)10-17-13-8-12(15)3-2-11(13)9-16/h2-3,8,17H,4-7,10H2,1H3. The zero-order chi connectivity index (χ0) is 13.0. The van der Waals surface area contributed by atoms with Gasteiger partial charge in [0.25, 0.3) is 0 Å². The highest BCUT2D eigenvalue weighted by atomic mass is 79.9. The van der Waals surface area contributed by atoms with Crippen LogP contribution in [-0.4, -0.2) is 20.3 Å². The minimum absolute atomic E-state index is 0.380. The number of hydrogen-bond donors (Lipinski definition) is 1. The van der Waals surface area contributed by atoms with E-state index in [-0.39, 0.29) is 0 Å². The van der Waals surface area contributed by atoms with E-state index in [0.717, 1.165) is 29.7 Å². The van der Waals surface area contributed by atoms with Crippen molar-refractivity contribution in [1.82, 2.24) is 0 Å². The minimum Gasteiger partial charge on any atom is -0.385 e. The van der Waals surface area contributed by atoms with Crippen molar-refractivity contribution in [2.75, 3.05) is 25.6 Å². The molecule has 1 saturated carbocycles. The molecule has 4 heteroatoms. The zero-order valence-electron chi connectivity index (χ0n) is 10.5. The Morgan fingerprint density at radius 2 is 2.28 bits per heavy atom. The van der Waals surface area contributed by atoms with Gasteiger partial charge < -0.3 is 10.1 Å². The van der Waals surface area contributed by atoms with Gasteiger partial charge in [0.1, 0.15) is 6.07 Å². The summed E-state index contributed by atoms with van der Waals surface area (Å²) in [5, 5.41) is 12.5. The van der Waals surface area contributed by atoms with Gasteiger partial charge in [-0.25, -0.2) is 0 Å². The van der Waals surface area contributed by atoms with E-state index in [9.17, 15) is 0 Å². The van der Waals surface area contributed by atoms with Crippen LogP contribution < -0.4 is 5.32 Å². The van der Waals surface area contributed by atoms with Crippen LogP contribution in [0.2, 0.25) is 0 Å². The molecule has 2 rings (SSSR count). The molecule has 0 saturated heterocycles. The van der Waals surface area contributed by atoms with E-state index in [2.05, 4.69) is 27.3 Å². The molecule has 0 unspecified atom stereocenters. The molecule has 0 spiro atoms. The largest absolute Gasteiger partial charge is 0.385 e. The summed E-state index contributed by atoms with van der Waals surface area (Å²) in [5.41, 5.74) is 1.99. The average Bonchev–Trinajstić information content (AvgIpc) is 3.15. The van der Waals surface area contributed by atoms with Gasteiger partial charge in [-0.2, -0.15) is 5.26 Å². The van der Waals surface area contributed by atoms with Gasteiger partial charge in [-0.3, -0.25) is 0 Å². The van der Waals surface area contributed by atoms with Crippen molar-refractivity contribution in [3.63, 3.8) is 0 Å². The summed E-state index contributed by atoms with van der Waals surface area (Å²) < 4.78 is 6.14. The van der Waals surface area contributed by atoms with E-state index in [0.29, 0.717) is 11.0 Å². The first-order valence-corrected chi connectivity index (χ1v) is 6.91. The van der Waals surface area contributed by atoms with E-state index in [4.69, 9.17) is 10.00 Å². The summed E-state index contributed by atoms with van der Waals surface area (Å²) in [6, 6.07) is 7.90. The number of anilines is 1. The topological polar surface area (TPSA) is 45.0 Å². The predicted molar refractivity (Wildman–Crippen MR) is 75.5 cm³/mol. The maximum atomic E-state index is 9.07. The lowest BCUT2D eigenvalue weighted by Gasteiger charge is -2.17. The maximum Gasteiger partial charge on any atom is 0.101 e. The number of nitriles is 1. The Kier molecular flexibility index (Phi) is 4.26. The molecule has 1 aromatic rings. The summed E-state index contributed by atoms with van der Waals surface area (Å²) in [4.78, 5) is 0. The minimum atomic E-state index is 0.380. The predicted octanol–water partition coefficient (Wildman–Crippen LogP) is 3.55. The fourth-order valence-corrected chi connectivity index (χ4v) is 2.41. The molecule has 18 heavy (non-hydrogen) atoms. The zero-order valence-corrected chi connectivity index (χ0v) is 12.1. The van der Waals surface area contributed by atoms with Crippen LogP contribution in [-0.2, 0) is 4.74 Å². The Hall–Kier alpha value is -1.05. The fraction of sp³-hybridized carbons (Fsp3) is 0.500. The molecule has 1 fully saturated rings. The van der Waals surface area contributed by atoms with Crippen LogP contribution in [0.3, 0.4) is 0 Å². The number of nitrogens with one attached hydrogen (secondary N) is 1. The monoisotopic (exact) mass is 308 g/mol. The molecule has 0 amide bonds. The van der Waals surface area contributed by atoms with Gasteiger partial charge >= 0.3 is 0 Å². The molecular weight excluding hydrogens is 292 g/mol. The molecule has 0 heterocycles. The number of halogens is 1. The van der Waals surface area contributed by atoms with Gasteiger partial charge in [0.15, 0.2) is 0 Å². The van der Waals surface area contributed by atoms with E-state index in [1.165, 1.54) is 12.8 Å². The number of hydrogen-bond acceptors (Lipinski definition) is 3. The lowest BCUT2D eigenvalue weighted by Crippen LogP contribution is -2.17. The smallest absolute Gasteiger partial charge is 0.101 e. The fourth-order valence-electron chi connectivity index (χ4n) is 2.05. The van der Waals surface area contributed by atoms with Crippen molar-refractivity contribution in [1.29, 1.82) is 5.26 Å².